The summed E-state index contributed by atoms with van der Waals surface area (Å²) in [6.45, 7) is 4.11. The van der Waals surface area contributed by atoms with E-state index in [2.05, 4.69) is 6.58 Å². The molecule has 0 unspecified atom stereocenters. The third kappa shape index (κ3) is 3.65. The topological polar surface area (TPSA) is 75.9 Å². The van der Waals surface area contributed by atoms with Crippen molar-refractivity contribution in [2.24, 2.45) is 5.73 Å². The van der Waals surface area contributed by atoms with E-state index >= 15 is 0 Å². The first kappa shape index (κ1) is 17.3. The fourth-order valence-corrected chi connectivity index (χ4v) is 4.59. The maximum Gasteiger partial charge on any atom is 0.410 e. The lowest BCUT2D eigenvalue weighted by Crippen LogP contribution is -2.52. The predicted octanol–water partition coefficient (Wildman–Crippen LogP) is 1.80. The van der Waals surface area contributed by atoms with Crippen LogP contribution in [0.25, 0.3) is 0 Å². The van der Waals surface area contributed by atoms with Crippen LogP contribution in [0.4, 0.5) is 4.79 Å². The van der Waals surface area contributed by atoms with Crippen LogP contribution >= 0.6 is 7.51 Å². The quantitative estimate of drug-likeness (QED) is 0.588. The van der Waals surface area contributed by atoms with E-state index in [1.807, 2.05) is 4.90 Å². The highest BCUT2D eigenvalue weighted by Gasteiger charge is 2.46. The van der Waals surface area contributed by atoms with Gasteiger partial charge in [0.05, 0.1) is 7.51 Å². The Bertz CT molecular complexity index is 449. The molecule has 2 aliphatic heterocycles. The van der Waals surface area contributed by atoms with Gasteiger partial charge in [0, 0.05) is 31.1 Å². The smallest absolute Gasteiger partial charge is 0.410 e. The average molecular weight is 343 g/mol. The molecule has 2 saturated heterocycles. The molecule has 3 atom stereocenters. The highest BCUT2D eigenvalue weighted by molar-refractivity contribution is 7.95. The van der Waals surface area contributed by atoms with Gasteiger partial charge in [-0.3, -0.25) is 9.46 Å². The Kier molecular flexibility index (Phi) is 6.29. The summed E-state index contributed by atoms with van der Waals surface area (Å²) >= 11 is 5.10. The number of hydrogen-bond donors (Lipinski definition) is 1. The van der Waals surface area contributed by atoms with Gasteiger partial charge in [-0.1, -0.05) is 12.7 Å². The lowest BCUT2D eigenvalue weighted by Gasteiger charge is -2.40. The molecule has 0 radical (unpaired) electrons. The number of carbonyl (C=O) groups excluding carboxylic acids is 2. The minimum Gasteiger partial charge on any atom is -0.445 e. The third-order valence-electron chi connectivity index (χ3n) is 4.29. The molecule has 2 heterocycles. The number of hydrogen-bond acceptors (Lipinski definition) is 5. The average Bonchev–Trinajstić information content (AvgIpc) is 2.77. The van der Waals surface area contributed by atoms with E-state index in [0.29, 0.717) is 20.5 Å². The summed E-state index contributed by atoms with van der Waals surface area (Å²) in [6, 6.07) is 0.358. The van der Waals surface area contributed by atoms with Crippen molar-refractivity contribution in [1.29, 1.82) is 0 Å². The highest BCUT2D eigenvalue weighted by atomic mass is 32.4. The molecule has 0 aromatic carbocycles. The Labute approximate surface area is 137 Å². The molecule has 2 bridgehead atoms. The summed E-state index contributed by atoms with van der Waals surface area (Å²) in [6.07, 6.45) is 5.05. The van der Waals surface area contributed by atoms with Gasteiger partial charge in [-0.15, -0.1) is 0 Å². The second-order valence-corrected chi connectivity index (χ2v) is 6.73. The van der Waals surface area contributed by atoms with Gasteiger partial charge in [0.25, 0.3) is 0 Å². The van der Waals surface area contributed by atoms with Crippen LogP contribution in [0.1, 0.15) is 32.1 Å². The van der Waals surface area contributed by atoms with Crippen LogP contribution in [0.3, 0.4) is 0 Å². The van der Waals surface area contributed by atoms with Crippen molar-refractivity contribution in [3.8, 4) is 0 Å². The van der Waals surface area contributed by atoms with Gasteiger partial charge in [-0.25, -0.2) is 4.79 Å². The lowest BCUT2D eigenvalue weighted by atomic mass is 9.97. The van der Waals surface area contributed by atoms with Gasteiger partial charge in [0.15, 0.2) is 0 Å². The first-order valence-electron chi connectivity index (χ1n) is 7.53. The van der Waals surface area contributed by atoms with Crippen molar-refractivity contribution < 1.29 is 14.3 Å². The molecular weight excluding hydrogens is 321 g/mol. The van der Waals surface area contributed by atoms with Crippen LogP contribution in [0.15, 0.2) is 12.7 Å². The number of nitrogens with zero attached hydrogens (tertiary/aromatic N) is 2. The zero-order valence-corrected chi connectivity index (χ0v) is 14.2. The van der Waals surface area contributed by atoms with E-state index in [0.717, 1.165) is 25.7 Å². The molecular formula is C14H22N3O3PS. The van der Waals surface area contributed by atoms with Crippen LogP contribution in [0.5, 0.6) is 0 Å². The van der Waals surface area contributed by atoms with Gasteiger partial charge >= 0.3 is 6.09 Å². The van der Waals surface area contributed by atoms with E-state index in [4.69, 9.17) is 22.3 Å². The Morgan fingerprint density at radius 3 is 2.55 bits per heavy atom. The fraction of sp³-hybridized carbons (Fsp3) is 0.714. The number of nitrogens with two attached hydrogens (primary N) is 1. The maximum atomic E-state index is 12.1. The SMILES string of the molecule is C=CCOC(=O)N1[C@@H]2CC[C@H]1C[C@@H](N(P=S)C(=O)CCN)C2. The molecule has 2 fully saturated rings. The first-order chi connectivity index (χ1) is 10.6. The van der Waals surface area contributed by atoms with Crippen molar-refractivity contribution in [3.63, 3.8) is 0 Å². The number of amides is 2. The summed E-state index contributed by atoms with van der Waals surface area (Å²) in [5.41, 5.74) is 5.46. The van der Waals surface area contributed by atoms with Crippen molar-refractivity contribution >= 4 is 31.3 Å². The standard InChI is InChI=1S/C14H22N3O3PS/c1-2-7-20-14(19)16-10-3-4-11(16)9-12(8-10)17(21-22)13(18)5-6-15/h2,10-12H,1,3-9,15H2/t10-,11+,12+. The van der Waals surface area contributed by atoms with Crippen LogP contribution < -0.4 is 5.73 Å². The fourth-order valence-electron chi connectivity index (χ4n) is 3.40. The van der Waals surface area contributed by atoms with Crippen LogP contribution in [0.2, 0.25) is 0 Å². The van der Waals surface area contributed by atoms with Gasteiger partial charge in [0.1, 0.15) is 6.61 Å². The van der Waals surface area contributed by atoms with Gasteiger partial charge < -0.3 is 15.4 Å². The first-order valence-corrected chi connectivity index (χ1v) is 9.39. The Balaban J connectivity index is 2.02. The molecule has 8 heteroatoms. The van der Waals surface area contributed by atoms with Crippen molar-refractivity contribution in [2.45, 2.75) is 50.2 Å². The molecule has 2 N–H and O–H groups in total. The van der Waals surface area contributed by atoms with E-state index in [9.17, 15) is 9.59 Å². The number of fused-ring (bicyclic) bond motifs is 2. The number of rotatable bonds is 6. The molecule has 0 aromatic rings. The summed E-state index contributed by atoms with van der Waals surface area (Å²) in [7, 11) is 0.536. The van der Waals surface area contributed by atoms with Gasteiger partial charge in [-0.05, 0) is 37.5 Å². The van der Waals surface area contributed by atoms with Crippen molar-refractivity contribution in [2.75, 3.05) is 13.2 Å². The molecule has 2 amide bonds. The summed E-state index contributed by atoms with van der Waals surface area (Å²) in [4.78, 5) is 26.1. The van der Waals surface area contributed by atoms with Gasteiger partial charge in [0.2, 0.25) is 5.91 Å². The Morgan fingerprint density at radius 2 is 2.05 bits per heavy atom. The van der Waals surface area contributed by atoms with E-state index < -0.39 is 0 Å². The van der Waals surface area contributed by atoms with Crippen molar-refractivity contribution in [3.05, 3.63) is 12.7 Å². The summed E-state index contributed by atoms with van der Waals surface area (Å²) in [5, 5.41) is 0. The predicted molar refractivity (Wildman–Crippen MR) is 88.0 cm³/mol. The molecule has 6 nitrogen and oxygen atoms in total. The molecule has 2 rings (SSSR count). The zero-order chi connectivity index (χ0) is 16.1. The number of piperidine rings is 1. The minimum atomic E-state index is -0.276. The molecule has 22 heavy (non-hydrogen) atoms. The van der Waals surface area contributed by atoms with Crippen LogP contribution in [-0.2, 0) is 21.3 Å². The minimum absolute atomic E-state index is 0.00579. The largest absolute Gasteiger partial charge is 0.445 e. The molecule has 0 spiro atoms. The van der Waals surface area contributed by atoms with E-state index in [1.54, 1.807) is 10.7 Å². The maximum absolute atomic E-state index is 12.1. The zero-order valence-electron chi connectivity index (χ0n) is 12.5. The second-order valence-electron chi connectivity index (χ2n) is 5.64. The second kappa shape index (κ2) is 7.99. The summed E-state index contributed by atoms with van der Waals surface area (Å²) < 4.78 is 6.89. The van der Waals surface area contributed by atoms with E-state index in [1.165, 1.54) is 0 Å². The molecule has 122 valence electrons. The molecule has 0 aliphatic carbocycles. The monoisotopic (exact) mass is 343 g/mol. The van der Waals surface area contributed by atoms with Crippen LogP contribution in [-0.4, -0.2) is 52.8 Å². The van der Waals surface area contributed by atoms with E-state index in [-0.39, 0.29) is 36.7 Å². The summed E-state index contributed by atoms with van der Waals surface area (Å²) in [5.74, 6) is 0.00579. The number of carbonyl (C=O) groups is 2. The van der Waals surface area contributed by atoms with Crippen LogP contribution in [0, 0.1) is 0 Å². The molecule has 2 aliphatic rings. The number of ether oxygens (including phenoxy) is 1. The third-order valence-corrected chi connectivity index (χ3v) is 5.54. The molecule has 0 aromatic heterocycles. The highest BCUT2D eigenvalue weighted by Crippen LogP contribution is 2.39. The van der Waals surface area contributed by atoms with Gasteiger partial charge in [-0.2, -0.15) is 0 Å². The van der Waals surface area contributed by atoms with Crippen molar-refractivity contribution in [1.82, 2.24) is 9.57 Å². The Morgan fingerprint density at radius 1 is 1.41 bits per heavy atom. The normalized spacial score (nSPS) is 26.8. The molecule has 0 saturated carbocycles. The Hall–Kier alpha value is -1.04. The lowest BCUT2D eigenvalue weighted by molar-refractivity contribution is -0.128.